The smallest absolute Gasteiger partial charge is 0.130 e. The fourth-order valence-corrected chi connectivity index (χ4v) is 2.58. The zero-order valence-corrected chi connectivity index (χ0v) is 11.5. The Hall–Kier alpha value is -2.74. The summed E-state index contributed by atoms with van der Waals surface area (Å²) in [6, 6.07) is 20.7. The normalized spacial score (nSPS) is 11.0. The highest BCUT2D eigenvalue weighted by atomic mass is 16.5. The molecule has 2 heteroatoms. The van der Waals surface area contributed by atoms with Crippen LogP contribution in [0, 0.1) is 0 Å². The molecule has 0 aliphatic heterocycles. The zero-order chi connectivity index (χ0) is 14.1. The Morgan fingerprint density at radius 3 is 2.57 bits per heavy atom. The van der Waals surface area contributed by atoms with Crippen LogP contribution in [-0.2, 0) is 6.61 Å². The molecule has 0 saturated carbocycles. The maximum Gasteiger partial charge on any atom is 0.130 e. The van der Waals surface area contributed by atoms with E-state index in [0.29, 0.717) is 6.61 Å². The molecule has 0 bridgehead atoms. The van der Waals surface area contributed by atoms with Crippen molar-refractivity contribution in [3.63, 3.8) is 0 Å². The van der Waals surface area contributed by atoms with Crippen molar-refractivity contribution in [1.82, 2.24) is 0 Å². The van der Waals surface area contributed by atoms with Crippen LogP contribution >= 0.6 is 0 Å². The van der Waals surface area contributed by atoms with Gasteiger partial charge in [0, 0.05) is 5.39 Å². The van der Waals surface area contributed by atoms with Crippen LogP contribution in [0.4, 0.5) is 0 Å². The molecule has 0 aliphatic rings. The Bertz CT molecular complexity index is 905. The van der Waals surface area contributed by atoms with Gasteiger partial charge < -0.3 is 9.15 Å². The van der Waals surface area contributed by atoms with Crippen molar-refractivity contribution in [2.75, 3.05) is 0 Å². The lowest BCUT2D eigenvalue weighted by molar-refractivity contribution is 0.310. The van der Waals surface area contributed by atoms with Crippen molar-refractivity contribution in [3.05, 3.63) is 78.8 Å². The van der Waals surface area contributed by atoms with Gasteiger partial charge in [-0.3, -0.25) is 0 Å². The van der Waals surface area contributed by atoms with E-state index in [0.717, 1.165) is 22.1 Å². The first-order valence-electron chi connectivity index (χ1n) is 6.95. The number of rotatable bonds is 3. The molecule has 1 aromatic heterocycles. The van der Waals surface area contributed by atoms with Crippen LogP contribution in [0.25, 0.3) is 21.5 Å². The molecule has 1 heterocycles. The van der Waals surface area contributed by atoms with E-state index in [1.807, 2.05) is 18.2 Å². The summed E-state index contributed by atoms with van der Waals surface area (Å²) < 4.78 is 11.2. The Morgan fingerprint density at radius 1 is 0.762 bits per heavy atom. The second-order valence-electron chi connectivity index (χ2n) is 5.10. The van der Waals surface area contributed by atoms with E-state index < -0.39 is 0 Å². The molecule has 3 aromatic carbocycles. The summed E-state index contributed by atoms with van der Waals surface area (Å²) in [4.78, 5) is 0. The molecule has 0 atom stereocenters. The summed E-state index contributed by atoms with van der Waals surface area (Å²) >= 11 is 0. The van der Waals surface area contributed by atoms with Crippen molar-refractivity contribution in [1.29, 1.82) is 0 Å². The predicted molar refractivity (Wildman–Crippen MR) is 84.5 cm³/mol. The number of ether oxygens (including phenoxy) is 1. The second-order valence-corrected chi connectivity index (χ2v) is 5.10. The SMILES string of the molecule is c1ccc2cc(COc3cccc4cocc34)ccc2c1. The van der Waals surface area contributed by atoms with Gasteiger partial charge in [0.15, 0.2) is 0 Å². The average molecular weight is 274 g/mol. The molecule has 0 aliphatic carbocycles. The predicted octanol–water partition coefficient (Wildman–Crippen LogP) is 5.17. The molecule has 21 heavy (non-hydrogen) atoms. The lowest BCUT2D eigenvalue weighted by atomic mass is 10.1. The Balaban J connectivity index is 1.61. The molecule has 0 fully saturated rings. The van der Waals surface area contributed by atoms with Crippen LogP contribution in [0.3, 0.4) is 0 Å². The molecule has 4 rings (SSSR count). The van der Waals surface area contributed by atoms with Crippen molar-refractivity contribution in [2.45, 2.75) is 6.61 Å². The first kappa shape index (κ1) is 12.0. The summed E-state index contributed by atoms with van der Waals surface area (Å²) in [6.45, 7) is 0.551. The van der Waals surface area contributed by atoms with Gasteiger partial charge in [-0.15, -0.1) is 0 Å². The first-order valence-corrected chi connectivity index (χ1v) is 6.95. The number of hydrogen-bond acceptors (Lipinski definition) is 2. The van der Waals surface area contributed by atoms with E-state index in [1.54, 1.807) is 12.5 Å². The van der Waals surface area contributed by atoms with Crippen LogP contribution in [0.15, 0.2) is 77.6 Å². The minimum absolute atomic E-state index is 0.551. The molecular formula is C19H14O2. The Kier molecular flexibility index (Phi) is 2.86. The molecule has 0 saturated heterocycles. The topological polar surface area (TPSA) is 22.4 Å². The lowest BCUT2D eigenvalue weighted by Gasteiger charge is -2.08. The minimum Gasteiger partial charge on any atom is -0.488 e. The van der Waals surface area contributed by atoms with Gasteiger partial charge in [-0.25, -0.2) is 0 Å². The van der Waals surface area contributed by atoms with Crippen molar-refractivity contribution in [3.8, 4) is 5.75 Å². The highest BCUT2D eigenvalue weighted by Gasteiger charge is 2.04. The van der Waals surface area contributed by atoms with Gasteiger partial charge in [-0.2, -0.15) is 0 Å². The third kappa shape index (κ3) is 2.25. The van der Waals surface area contributed by atoms with E-state index in [9.17, 15) is 0 Å². The van der Waals surface area contributed by atoms with E-state index in [2.05, 4.69) is 42.5 Å². The summed E-state index contributed by atoms with van der Waals surface area (Å²) in [7, 11) is 0. The summed E-state index contributed by atoms with van der Waals surface area (Å²) in [5, 5.41) is 4.56. The van der Waals surface area contributed by atoms with Gasteiger partial charge in [0.05, 0.1) is 11.6 Å². The standard InChI is InChI=1S/C19H14O2/c1-2-5-16-10-14(8-9-15(16)4-1)11-21-19-7-3-6-17-12-20-13-18(17)19/h1-10,12-13H,11H2. The van der Waals surface area contributed by atoms with Crippen LogP contribution in [0.2, 0.25) is 0 Å². The van der Waals surface area contributed by atoms with E-state index in [-0.39, 0.29) is 0 Å². The molecule has 0 unspecified atom stereocenters. The van der Waals surface area contributed by atoms with Gasteiger partial charge in [0.25, 0.3) is 0 Å². The molecular weight excluding hydrogens is 260 g/mol. The largest absolute Gasteiger partial charge is 0.488 e. The van der Waals surface area contributed by atoms with Crippen LogP contribution in [0.5, 0.6) is 5.75 Å². The molecule has 0 radical (unpaired) electrons. The van der Waals surface area contributed by atoms with Gasteiger partial charge in [0.2, 0.25) is 0 Å². The Labute approximate surface area is 122 Å². The minimum atomic E-state index is 0.551. The second kappa shape index (κ2) is 4.98. The number of furan rings is 1. The molecule has 102 valence electrons. The third-order valence-electron chi connectivity index (χ3n) is 3.69. The fraction of sp³-hybridized carbons (Fsp3) is 0.0526. The fourth-order valence-electron chi connectivity index (χ4n) is 2.58. The molecule has 4 aromatic rings. The number of benzene rings is 3. The number of hydrogen-bond donors (Lipinski definition) is 0. The summed E-state index contributed by atoms with van der Waals surface area (Å²) in [6.07, 6.45) is 3.46. The highest BCUT2D eigenvalue weighted by molar-refractivity contribution is 5.87. The molecule has 0 N–H and O–H groups in total. The van der Waals surface area contributed by atoms with Gasteiger partial charge in [0.1, 0.15) is 18.6 Å². The molecule has 0 spiro atoms. The quantitative estimate of drug-likeness (QED) is 0.514. The van der Waals surface area contributed by atoms with Crippen molar-refractivity contribution in [2.24, 2.45) is 0 Å². The van der Waals surface area contributed by atoms with Gasteiger partial charge >= 0.3 is 0 Å². The summed E-state index contributed by atoms with van der Waals surface area (Å²) in [5.74, 6) is 0.856. The van der Waals surface area contributed by atoms with Gasteiger partial charge in [-0.1, -0.05) is 48.5 Å². The maximum atomic E-state index is 5.95. The lowest BCUT2D eigenvalue weighted by Crippen LogP contribution is -1.95. The zero-order valence-electron chi connectivity index (χ0n) is 11.5. The summed E-state index contributed by atoms with van der Waals surface area (Å²) in [5.41, 5.74) is 1.16. The van der Waals surface area contributed by atoms with Crippen molar-refractivity contribution >= 4 is 21.5 Å². The monoisotopic (exact) mass is 274 g/mol. The Morgan fingerprint density at radius 2 is 1.62 bits per heavy atom. The van der Waals surface area contributed by atoms with Crippen LogP contribution in [-0.4, -0.2) is 0 Å². The molecule has 0 amide bonds. The first-order chi connectivity index (χ1) is 10.4. The molecule has 2 nitrogen and oxygen atoms in total. The van der Waals surface area contributed by atoms with E-state index >= 15 is 0 Å². The van der Waals surface area contributed by atoms with E-state index in [1.165, 1.54) is 10.8 Å². The van der Waals surface area contributed by atoms with Crippen LogP contribution < -0.4 is 4.74 Å². The van der Waals surface area contributed by atoms with Gasteiger partial charge in [-0.05, 0) is 28.5 Å². The van der Waals surface area contributed by atoms with E-state index in [4.69, 9.17) is 9.15 Å². The third-order valence-corrected chi connectivity index (χ3v) is 3.69. The maximum absolute atomic E-state index is 5.95. The van der Waals surface area contributed by atoms with Crippen molar-refractivity contribution < 1.29 is 9.15 Å². The highest BCUT2D eigenvalue weighted by Crippen LogP contribution is 2.27. The number of fused-ring (bicyclic) bond motifs is 2. The average Bonchev–Trinajstić information content (AvgIpc) is 3.02. The van der Waals surface area contributed by atoms with Crippen LogP contribution in [0.1, 0.15) is 5.56 Å².